The number of hydrogen-bond donors (Lipinski definition) is 1. The van der Waals surface area contributed by atoms with Crippen LogP contribution in [0.5, 0.6) is 0 Å². The van der Waals surface area contributed by atoms with E-state index in [2.05, 4.69) is 15.9 Å². The minimum Gasteiger partial charge on any atom is -0.480 e. The van der Waals surface area contributed by atoms with Crippen LogP contribution in [-0.4, -0.2) is 44.8 Å². The van der Waals surface area contributed by atoms with Crippen LogP contribution in [-0.2, 0) is 28.6 Å². The second-order valence-electron chi connectivity index (χ2n) is 4.68. The zero-order chi connectivity index (χ0) is 14.0. The van der Waals surface area contributed by atoms with Gasteiger partial charge in [-0.2, -0.15) is 0 Å². The van der Waals surface area contributed by atoms with Crippen molar-refractivity contribution in [1.82, 2.24) is 4.90 Å². The third-order valence-corrected chi connectivity index (χ3v) is 4.88. The molecular formula is C13H16BrNO3S. The molecule has 0 aromatic heterocycles. The number of rotatable bonds is 4. The van der Waals surface area contributed by atoms with Gasteiger partial charge in [-0.15, -0.1) is 0 Å². The second kappa shape index (κ2) is 6.15. The number of benzene rings is 1. The first-order valence-corrected chi connectivity index (χ1v) is 8.54. The van der Waals surface area contributed by atoms with Crippen molar-refractivity contribution in [3.8, 4) is 0 Å². The highest BCUT2D eigenvalue weighted by atomic mass is 79.9. The number of carboxylic acids is 1. The first kappa shape index (κ1) is 14.7. The summed E-state index contributed by atoms with van der Waals surface area (Å²) >= 11 is 3.48. The molecule has 1 aromatic rings. The van der Waals surface area contributed by atoms with Crippen molar-refractivity contribution in [3.05, 3.63) is 33.8 Å². The third kappa shape index (κ3) is 3.43. The van der Waals surface area contributed by atoms with Gasteiger partial charge in [0.15, 0.2) is 0 Å². The highest BCUT2D eigenvalue weighted by molar-refractivity contribution is 9.10. The molecule has 2 unspecified atom stereocenters. The Hall–Kier alpha value is -0.720. The van der Waals surface area contributed by atoms with Crippen LogP contribution in [0.2, 0.25) is 0 Å². The van der Waals surface area contributed by atoms with Gasteiger partial charge >= 0.3 is 5.97 Å². The fourth-order valence-corrected chi connectivity index (χ4v) is 3.42. The molecule has 0 aliphatic carbocycles. The predicted octanol–water partition coefficient (Wildman–Crippen LogP) is 1.64. The van der Waals surface area contributed by atoms with E-state index in [-0.39, 0.29) is 0 Å². The van der Waals surface area contributed by atoms with Crippen molar-refractivity contribution in [1.29, 1.82) is 0 Å². The lowest BCUT2D eigenvalue weighted by Gasteiger charge is -2.34. The number of halogens is 1. The SMILES string of the molecule is CS(=O)CCN1Cc2cccc(Br)c2CC1C(=O)O. The Morgan fingerprint density at radius 1 is 1.58 bits per heavy atom. The van der Waals surface area contributed by atoms with Gasteiger partial charge in [0.2, 0.25) is 0 Å². The molecule has 0 fully saturated rings. The average molecular weight is 346 g/mol. The molecule has 1 heterocycles. The van der Waals surface area contributed by atoms with E-state index in [0.717, 1.165) is 15.6 Å². The molecule has 1 N–H and O–H groups in total. The van der Waals surface area contributed by atoms with Gasteiger partial charge in [-0.3, -0.25) is 13.9 Å². The molecule has 0 radical (unpaired) electrons. The number of aliphatic carboxylic acids is 1. The summed E-state index contributed by atoms with van der Waals surface area (Å²) < 4.78 is 12.2. The number of hydrogen-bond acceptors (Lipinski definition) is 3. The van der Waals surface area contributed by atoms with Crippen LogP contribution in [0, 0.1) is 0 Å². The predicted molar refractivity (Wildman–Crippen MR) is 78.6 cm³/mol. The summed E-state index contributed by atoms with van der Waals surface area (Å²) in [6, 6.07) is 5.39. The Kier molecular flexibility index (Phi) is 4.76. The van der Waals surface area contributed by atoms with Crippen molar-refractivity contribution in [2.75, 3.05) is 18.6 Å². The largest absolute Gasteiger partial charge is 0.480 e. The zero-order valence-electron chi connectivity index (χ0n) is 10.6. The number of carbonyl (C=O) groups is 1. The molecule has 0 bridgehead atoms. The van der Waals surface area contributed by atoms with Crippen molar-refractivity contribution in [3.63, 3.8) is 0 Å². The Morgan fingerprint density at radius 2 is 2.32 bits per heavy atom. The molecule has 2 rings (SSSR count). The zero-order valence-corrected chi connectivity index (χ0v) is 13.0. The second-order valence-corrected chi connectivity index (χ2v) is 7.09. The molecular weight excluding hydrogens is 330 g/mol. The lowest BCUT2D eigenvalue weighted by Crippen LogP contribution is -2.47. The molecule has 0 saturated heterocycles. The quantitative estimate of drug-likeness (QED) is 0.901. The van der Waals surface area contributed by atoms with E-state index < -0.39 is 22.8 Å². The van der Waals surface area contributed by atoms with E-state index >= 15 is 0 Å². The Morgan fingerprint density at radius 3 is 2.95 bits per heavy atom. The van der Waals surface area contributed by atoms with E-state index in [1.54, 1.807) is 6.26 Å². The molecule has 1 aliphatic rings. The van der Waals surface area contributed by atoms with Gasteiger partial charge in [-0.1, -0.05) is 28.1 Å². The summed E-state index contributed by atoms with van der Waals surface area (Å²) in [7, 11) is -0.901. The van der Waals surface area contributed by atoms with Gasteiger partial charge in [0, 0.05) is 46.8 Å². The van der Waals surface area contributed by atoms with Gasteiger partial charge < -0.3 is 5.11 Å². The van der Waals surface area contributed by atoms with E-state index in [0.29, 0.717) is 25.3 Å². The highest BCUT2D eigenvalue weighted by Crippen LogP contribution is 2.29. The lowest BCUT2D eigenvalue weighted by atomic mass is 9.94. The summed E-state index contributed by atoms with van der Waals surface area (Å²) in [5.74, 6) is -0.309. The molecule has 0 spiro atoms. The van der Waals surface area contributed by atoms with Gasteiger partial charge in [0.05, 0.1) is 0 Å². The topological polar surface area (TPSA) is 57.6 Å². The van der Waals surface area contributed by atoms with E-state index in [9.17, 15) is 14.1 Å². The van der Waals surface area contributed by atoms with Gasteiger partial charge in [0.1, 0.15) is 6.04 Å². The molecule has 104 valence electrons. The maximum atomic E-state index is 11.4. The Labute approximate surface area is 123 Å². The van der Waals surface area contributed by atoms with Crippen molar-refractivity contribution in [2.45, 2.75) is 19.0 Å². The van der Waals surface area contributed by atoms with Crippen molar-refractivity contribution in [2.24, 2.45) is 0 Å². The van der Waals surface area contributed by atoms with Gasteiger partial charge in [0.25, 0.3) is 0 Å². The fourth-order valence-electron chi connectivity index (χ4n) is 2.36. The van der Waals surface area contributed by atoms with Crippen LogP contribution < -0.4 is 0 Å². The van der Waals surface area contributed by atoms with Crippen LogP contribution in [0.1, 0.15) is 11.1 Å². The molecule has 1 aliphatic heterocycles. The summed E-state index contributed by atoms with van der Waals surface area (Å²) in [6.45, 7) is 1.15. The third-order valence-electron chi connectivity index (χ3n) is 3.38. The van der Waals surface area contributed by atoms with Crippen LogP contribution >= 0.6 is 15.9 Å². The minimum atomic E-state index is -0.901. The number of fused-ring (bicyclic) bond motifs is 1. The normalized spacial score (nSPS) is 20.8. The summed E-state index contributed by atoms with van der Waals surface area (Å²) in [5.41, 5.74) is 2.22. The van der Waals surface area contributed by atoms with E-state index in [1.165, 1.54) is 0 Å². The Bertz CT molecular complexity index is 521. The van der Waals surface area contributed by atoms with Crippen LogP contribution in [0.15, 0.2) is 22.7 Å². The van der Waals surface area contributed by atoms with E-state index in [1.807, 2.05) is 23.1 Å². The lowest BCUT2D eigenvalue weighted by molar-refractivity contribution is -0.143. The standard InChI is InChI=1S/C13H16BrNO3S/c1-19(18)6-5-15-8-9-3-2-4-11(14)10(9)7-12(15)13(16)17/h2-4,12H,5-8H2,1H3,(H,16,17). The summed E-state index contributed by atoms with van der Waals surface area (Å²) in [6.07, 6.45) is 2.13. The summed E-state index contributed by atoms with van der Waals surface area (Å²) in [5, 5.41) is 9.36. The first-order valence-electron chi connectivity index (χ1n) is 6.02. The van der Waals surface area contributed by atoms with Crippen molar-refractivity contribution < 1.29 is 14.1 Å². The Balaban J connectivity index is 2.24. The molecule has 1 aromatic carbocycles. The monoisotopic (exact) mass is 345 g/mol. The average Bonchev–Trinajstić information content (AvgIpc) is 2.35. The van der Waals surface area contributed by atoms with Gasteiger partial charge in [-0.05, 0) is 17.2 Å². The van der Waals surface area contributed by atoms with E-state index in [4.69, 9.17) is 0 Å². The molecule has 6 heteroatoms. The summed E-state index contributed by atoms with van der Waals surface area (Å²) in [4.78, 5) is 13.3. The number of nitrogens with zero attached hydrogens (tertiary/aromatic N) is 1. The molecule has 2 atom stereocenters. The maximum absolute atomic E-state index is 11.4. The molecule has 4 nitrogen and oxygen atoms in total. The molecule has 19 heavy (non-hydrogen) atoms. The molecule has 0 amide bonds. The number of carboxylic acid groups (broad SMARTS) is 1. The minimum absolute atomic E-state index is 0.489. The van der Waals surface area contributed by atoms with Crippen molar-refractivity contribution >= 4 is 32.7 Å². The first-order chi connectivity index (χ1) is 8.99. The van der Waals surface area contributed by atoms with Crippen LogP contribution in [0.4, 0.5) is 0 Å². The maximum Gasteiger partial charge on any atom is 0.321 e. The highest BCUT2D eigenvalue weighted by Gasteiger charge is 2.32. The van der Waals surface area contributed by atoms with Crippen LogP contribution in [0.3, 0.4) is 0 Å². The smallest absolute Gasteiger partial charge is 0.321 e. The fraction of sp³-hybridized carbons (Fsp3) is 0.462. The van der Waals surface area contributed by atoms with Gasteiger partial charge in [-0.25, -0.2) is 0 Å². The van der Waals surface area contributed by atoms with Crippen LogP contribution in [0.25, 0.3) is 0 Å². The molecule has 0 saturated carbocycles.